The quantitative estimate of drug-likeness (QED) is 0.475. The molecule has 1 amide bonds. The summed E-state index contributed by atoms with van der Waals surface area (Å²) >= 11 is 0. The highest BCUT2D eigenvalue weighted by molar-refractivity contribution is 5.95. The van der Waals surface area contributed by atoms with Crippen molar-refractivity contribution in [1.82, 2.24) is 24.6 Å². The van der Waals surface area contributed by atoms with Gasteiger partial charge in [0.1, 0.15) is 11.6 Å². The minimum Gasteiger partial charge on any atom is -0.352 e. The van der Waals surface area contributed by atoms with Gasteiger partial charge in [-0.15, -0.1) is 0 Å². The van der Waals surface area contributed by atoms with Crippen LogP contribution in [0.15, 0.2) is 42.7 Å². The summed E-state index contributed by atoms with van der Waals surface area (Å²) in [7, 11) is 0. The second-order valence-corrected chi connectivity index (χ2v) is 10.2. The number of hydrogen-bond acceptors (Lipinski definition) is 4. The number of amides is 1. The van der Waals surface area contributed by atoms with Crippen molar-refractivity contribution in [3.05, 3.63) is 65.5 Å². The fourth-order valence-electron chi connectivity index (χ4n) is 4.29. The molecule has 2 aromatic heterocycles. The van der Waals surface area contributed by atoms with Crippen LogP contribution in [0.1, 0.15) is 67.6 Å². The van der Waals surface area contributed by atoms with Crippen LogP contribution < -0.4 is 5.32 Å². The molecule has 1 atom stereocenters. The van der Waals surface area contributed by atoms with Gasteiger partial charge in [0.2, 0.25) is 0 Å². The summed E-state index contributed by atoms with van der Waals surface area (Å²) in [5, 5.41) is 6.11. The first-order valence-electron chi connectivity index (χ1n) is 12.0. The third-order valence-corrected chi connectivity index (χ3v) is 6.35. The zero-order chi connectivity index (χ0) is 26.1. The second kappa shape index (κ2) is 9.91. The summed E-state index contributed by atoms with van der Waals surface area (Å²) < 4.78 is 43.6. The number of carbonyl (C=O) groups excluding carboxylic acids is 2. The number of imidazole rings is 1. The van der Waals surface area contributed by atoms with E-state index in [4.69, 9.17) is 4.98 Å². The number of para-hydroxylation sites is 1. The fraction of sp³-hybridized carbons (Fsp3) is 0.462. The van der Waals surface area contributed by atoms with Crippen molar-refractivity contribution in [1.29, 1.82) is 0 Å². The molecule has 36 heavy (non-hydrogen) atoms. The van der Waals surface area contributed by atoms with Crippen LogP contribution in [0.4, 0.5) is 13.2 Å². The number of nitrogens with zero attached hydrogens (tertiary/aromatic N) is 4. The number of benzene rings is 1. The number of ketones is 1. The van der Waals surface area contributed by atoms with Crippen LogP contribution in [0.3, 0.4) is 0 Å². The van der Waals surface area contributed by atoms with E-state index >= 15 is 0 Å². The number of aromatic nitrogens is 4. The Hall–Kier alpha value is -3.43. The Morgan fingerprint density at radius 3 is 2.50 bits per heavy atom. The van der Waals surface area contributed by atoms with E-state index < -0.39 is 23.3 Å². The summed E-state index contributed by atoms with van der Waals surface area (Å²) in [5.74, 6) is 0.0880. The molecule has 0 aliphatic carbocycles. The van der Waals surface area contributed by atoms with Crippen molar-refractivity contribution in [2.45, 2.75) is 64.6 Å². The molecular formula is C26H30F3N5O2. The molecule has 4 rings (SSSR count). The summed E-state index contributed by atoms with van der Waals surface area (Å²) in [6.07, 6.45) is 0.366. The molecule has 0 spiro atoms. The molecular weight excluding hydrogens is 471 g/mol. The van der Waals surface area contributed by atoms with Crippen molar-refractivity contribution in [3.63, 3.8) is 0 Å². The van der Waals surface area contributed by atoms with Crippen molar-refractivity contribution in [2.24, 2.45) is 5.92 Å². The smallest absolute Gasteiger partial charge is 0.352 e. The predicted octanol–water partition coefficient (Wildman–Crippen LogP) is 4.73. The number of alkyl halides is 3. The van der Waals surface area contributed by atoms with Gasteiger partial charge >= 0.3 is 6.18 Å². The van der Waals surface area contributed by atoms with Gasteiger partial charge in [0.05, 0.1) is 16.9 Å². The van der Waals surface area contributed by atoms with Crippen LogP contribution in [0, 0.1) is 5.92 Å². The Labute approximate surface area is 207 Å². The SMILES string of the molecule is CC(C)(C)c1cn2c(n1)CCC(C(=O)CCCNC(=O)c1cn(-c3ccccc3)nc1C(F)(F)F)C2. The fourth-order valence-corrected chi connectivity index (χ4v) is 4.29. The zero-order valence-electron chi connectivity index (χ0n) is 20.6. The number of nitrogens with one attached hydrogen (secondary N) is 1. The molecule has 1 N–H and O–H groups in total. The molecule has 0 radical (unpaired) electrons. The molecule has 0 saturated carbocycles. The molecule has 3 aromatic rings. The van der Waals surface area contributed by atoms with Gasteiger partial charge in [0.15, 0.2) is 5.69 Å². The van der Waals surface area contributed by atoms with E-state index in [9.17, 15) is 22.8 Å². The van der Waals surface area contributed by atoms with Crippen LogP contribution in [-0.4, -0.2) is 37.6 Å². The molecule has 1 aliphatic rings. The third kappa shape index (κ3) is 5.68. The van der Waals surface area contributed by atoms with E-state index in [1.54, 1.807) is 30.3 Å². The maximum absolute atomic E-state index is 13.5. The van der Waals surface area contributed by atoms with Crippen molar-refractivity contribution in [3.8, 4) is 5.69 Å². The molecule has 0 saturated heterocycles. The van der Waals surface area contributed by atoms with Crippen molar-refractivity contribution >= 4 is 11.7 Å². The maximum Gasteiger partial charge on any atom is 0.435 e. The summed E-state index contributed by atoms with van der Waals surface area (Å²) in [5.41, 5.74) is -0.441. The number of hydrogen-bond donors (Lipinski definition) is 1. The van der Waals surface area contributed by atoms with Gasteiger partial charge in [0, 0.05) is 49.7 Å². The van der Waals surface area contributed by atoms with E-state index in [0.29, 0.717) is 18.7 Å². The maximum atomic E-state index is 13.5. The second-order valence-electron chi connectivity index (χ2n) is 10.2. The van der Waals surface area contributed by atoms with Gasteiger partial charge < -0.3 is 9.88 Å². The lowest BCUT2D eigenvalue weighted by Crippen LogP contribution is -2.29. The van der Waals surface area contributed by atoms with Crippen molar-refractivity contribution in [2.75, 3.05) is 6.54 Å². The highest BCUT2D eigenvalue weighted by Crippen LogP contribution is 2.31. The number of rotatable bonds is 7. The lowest BCUT2D eigenvalue weighted by atomic mass is 9.92. The molecule has 10 heteroatoms. The molecule has 192 valence electrons. The number of Topliss-reactive ketones (excluding diaryl/α,β-unsaturated/α-hetero) is 1. The lowest BCUT2D eigenvalue weighted by molar-refractivity contribution is -0.141. The van der Waals surface area contributed by atoms with E-state index in [1.807, 2.05) is 6.20 Å². The molecule has 7 nitrogen and oxygen atoms in total. The largest absolute Gasteiger partial charge is 0.435 e. The highest BCUT2D eigenvalue weighted by atomic mass is 19.4. The zero-order valence-corrected chi connectivity index (χ0v) is 20.6. The lowest BCUT2D eigenvalue weighted by Gasteiger charge is -2.22. The van der Waals surface area contributed by atoms with E-state index in [2.05, 4.69) is 35.8 Å². The number of halogens is 3. The third-order valence-electron chi connectivity index (χ3n) is 6.35. The first kappa shape index (κ1) is 25.7. The van der Waals surface area contributed by atoms with Crippen LogP contribution >= 0.6 is 0 Å². The Morgan fingerprint density at radius 2 is 1.83 bits per heavy atom. The molecule has 1 aliphatic heterocycles. The average Bonchev–Trinajstić information content (AvgIpc) is 3.46. The minimum absolute atomic E-state index is 0.0639. The average molecular weight is 502 g/mol. The van der Waals surface area contributed by atoms with Gasteiger partial charge in [-0.25, -0.2) is 9.67 Å². The normalized spacial score (nSPS) is 16.0. The standard InChI is InChI=1S/C26H30F3N5O2/c1-25(2,3)21-16-33-14-17(11-12-22(33)31-21)20(35)10-7-13-30-24(36)19-15-34(18-8-5-4-6-9-18)32-23(19)26(27,28)29/h4-6,8-9,15-17H,7,10-14H2,1-3H3,(H,30,36). The van der Waals surface area contributed by atoms with Gasteiger partial charge in [-0.05, 0) is 25.0 Å². The van der Waals surface area contributed by atoms with Crippen LogP contribution in [-0.2, 0) is 29.4 Å². The number of fused-ring (bicyclic) bond motifs is 1. The van der Waals surface area contributed by atoms with E-state index in [0.717, 1.165) is 35.2 Å². The van der Waals surface area contributed by atoms with Crippen LogP contribution in [0.5, 0.6) is 0 Å². The minimum atomic E-state index is -4.78. The highest BCUT2D eigenvalue weighted by Gasteiger charge is 2.39. The van der Waals surface area contributed by atoms with Gasteiger partial charge in [-0.3, -0.25) is 9.59 Å². The van der Waals surface area contributed by atoms with Gasteiger partial charge in [0.25, 0.3) is 5.91 Å². The first-order valence-corrected chi connectivity index (χ1v) is 12.0. The number of carbonyl (C=O) groups is 2. The Kier molecular flexibility index (Phi) is 7.06. The molecule has 1 aromatic carbocycles. The summed E-state index contributed by atoms with van der Waals surface area (Å²) in [6, 6.07) is 8.27. The van der Waals surface area contributed by atoms with Crippen LogP contribution in [0.2, 0.25) is 0 Å². The molecule has 0 fully saturated rings. The molecule has 1 unspecified atom stereocenters. The molecule has 0 bridgehead atoms. The monoisotopic (exact) mass is 501 g/mol. The van der Waals surface area contributed by atoms with Crippen molar-refractivity contribution < 1.29 is 22.8 Å². The van der Waals surface area contributed by atoms with Crippen LogP contribution in [0.25, 0.3) is 5.69 Å². The first-order chi connectivity index (χ1) is 16.9. The van der Waals surface area contributed by atoms with Gasteiger partial charge in [-0.2, -0.15) is 18.3 Å². The van der Waals surface area contributed by atoms with E-state index in [-0.39, 0.29) is 30.1 Å². The topological polar surface area (TPSA) is 81.8 Å². The summed E-state index contributed by atoms with van der Waals surface area (Å²) in [6.45, 7) is 6.97. The molecule has 3 heterocycles. The number of aryl methyl sites for hydroxylation is 1. The Balaban J connectivity index is 1.32. The Bertz CT molecular complexity index is 1240. The predicted molar refractivity (Wildman–Crippen MR) is 128 cm³/mol. The summed E-state index contributed by atoms with van der Waals surface area (Å²) in [4.78, 5) is 30.0. The van der Waals surface area contributed by atoms with E-state index in [1.165, 1.54) is 0 Å². The Morgan fingerprint density at radius 1 is 1.11 bits per heavy atom. The van der Waals surface area contributed by atoms with Gasteiger partial charge in [-0.1, -0.05) is 39.0 Å².